The molecule has 1 fully saturated rings. The number of benzene rings is 1. The average molecular weight is 380 g/mol. The van der Waals surface area contributed by atoms with Crippen molar-refractivity contribution in [2.24, 2.45) is 0 Å². The first-order chi connectivity index (χ1) is 11.5. The fraction of sp³-hybridized carbons (Fsp3) is 0.333. The van der Waals surface area contributed by atoms with Crippen LogP contribution in [0.2, 0.25) is 0 Å². The first kappa shape index (κ1) is 19.3. The van der Waals surface area contributed by atoms with Gasteiger partial charge >= 0.3 is 0 Å². The second kappa shape index (κ2) is 8.36. The first-order valence-electron chi connectivity index (χ1n) is 8.05. The Bertz CT molecular complexity index is 754. The maximum Gasteiger partial charge on any atom is 0.261 e. The van der Waals surface area contributed by atoms with Gasteiger partial charge in [-0.05, 0) is 44.0 Å². The largest absolute Gasteiger partial charge is 0.398 e. The SMILES string of the molecule is Cc1ccc(C(=O)NC2CCN(C(=O)c3ccccc3N)CC2)s1.Cl. The minimum absolute atomic E-state index is 0. The summed E-state index contributed by atoms with van der Waals surface area (Å²) in [5.41, 5.74) is 6.94. The van der Waals surface area contributed by atoms with E-state index < -0.39 is 0 Å². The van der Waals surface area contributed by atoms with E-state index in [4.69, 9.17) is 5.73 Å². The molecule has 25 heavy (non-hydrogen) atoms. The predicted molar refractivity (Wildman–Crippen MR) is 104 cm³/mol. The van der Waals surface area contributed by atoms with E-state index in [0.717, 1.165) is 22.6 Å². The summed E-state index contributed by atoms with van der Waals surface area (Å²) in [6.07, 6.45) is 1.52. The van der Waals surface area contributed by atoms with Gasteiger partial charge in [-0.1, -0.05) is 12.1 Å². The van der Waals surface area contributed by atoms with Gasteiger partial charge in [-0.2, -0.15) is 0 Å². The van der Waals surface area contributed by atoms with E-state index in [-0.39, 0.29) is 30.3 Å². The molecule has 0 unspecified atom stereocenters. The van der Waals surface area contributed by atoms with E-state index in [9.17, 15) is 9.59 Å². The maximum atomic E-state index is 12.5. The number of thiophene rings is 1. The molecule has 1 saturated heterocycles. The lowest BCUT2D eigenvalue weighted by atomic mass is 10.0. The Morgan fingerprint density at radius 1 is 1.16 bits per heavy atom. The zero-order valence-electron chi connectivity index (χ0n) is 14.0. The zero-order chi connectivity index (χ0) is 17.1. The molecular weight excluding hydrogens is 358 g/mol. The summed E-state index contributed by atoms with van der Waals surface area (Å²) < 4.78 is 0. The molecule has 0 saturated carbocycles. The van der Waals surface area contributed by atoms with E-state index in [0.29, 0.717) is 24.3 Å². The van der Waals surface area contributed by atoms with Crippen LogP contribution in [-0.4, -0.2) is 35.8 Å². The van der Waals surface area contributed by atoms with Gasteiger partial charge in [-0.25, -0.2) is 0 Å². The third-order valence-electron chi connectivity index (χ3n) is 4.27. The molecule has 3 N–H and O–H groups in total. The van der Waals surface area contributed by atoms with Crippen LogP contribution in [0.15, 0.2) is 36.4 Å². The zero-order valence-corrected chi connectivity index (χ0v) is 15.7. The van der Waals surface area contributed by atoms with Crippen molar-refractivity contribution >= 4 is 41.2 Å². The van der Waals surface area contributed by atoms with Gasteiger partial charge in [0.05, 0.1) is 10.4 Å². The van der Waals surface area contributed by atoms with Crippen LogP contribution in [-0.2, 0) is 0 Å². The predicted octanol–water partition coefficient (Wildman–Crippen LogP) is 3.10. The molecule has 2 amide bonds. The van der Waals surface area contributed by atoms with Crippen LogP contribution < -0.4 is 11.1 Å². The van der Waals surface area contributed by atoms with E-state index in [2.05, 4.69) is 5.32 Å². The van der Waals surface area contributed by atoms with Gasteiger partial charge in [-0.15, -0.1) is 23.7 Å². The van der Waals surface area contributed by atoms with Gasteiger partial charge < -0.3 is 16.0 Å². The van der Waals surface area contributed by atoms with Gasteiger partial charge in [0, 0.05) is 29.7 Å². The number of nitrogens with two attached hydrogens (primary N) is 1. The molecule has 2 aromatic rings. The number of hydrogen-bond acceptors (Lipinski definition) is 4. The Balaban J connectivity index is 0.00000225. The molecule has 1 aliphatic rings. The molecule has 1 aliphatic heterocycles. The smallest absolute Gasteiger partial charge is 0.261 e. The monoisotopic (exact) mass is 379 g/mol. The van der Waals surface area contributed by atoms with E-state index in [1.165, 1.54) is 11.3 Å². The standard InChI is InChI=1S/C18H21N3O2S.ClH/c1-12-6-7-16(24-12)17(22)20-13-8-10-21(11-9-13)18(23)14-4-2-3-5-15(14)19;/h2-7,13H,8-11,19H2,1H3,(H,20,22);1H. The molecule has 0 spiro atoms. The number of para-hydroxylation sites is 1. The van der Waals surface area contributed by atoms with Gasteiger partial charge in [0.25, 0.3) is 11.8 Å². The average Bonchev–Trinajstić information content (AvgIpc) is 3.02. The minimum atomic E-state index is -0.0354. The molecule has 0 bridgehead atoms. The molecule has 0 aliphatic carbocycles. The quantitative estimate of drug-likeness (QED) is 0.804. The molecule has 0 radical (unpaired) electrons. The Kier molecular flexibility index (Phi) is 6.45. The highest BCUT2D eigenvalue weighted by Crippen LogP contribution is 2.19. The summed E-state index contributed by atoms with van der Waals surface area (Å²) >= 11 is 1.50. The first-order valence-corrected chi connectivity index (χ1v) is 8.87. The number of likely N-dealkylation sites (tertiary alicyclic amines) is 1. The van der Waals surface area contributed by atoms with Crippen LogP contribution in [0.5, 0.6) is 0 Å². The van der Waals surface area contributed by atoms with Gasteiger partial charge in [0.2, 0.25) is 0 Å². The molecule has 5 nitrogen and oxygen atoms in total. The molecule has 1 aromatic carbocycles. The number of anilines is 1. The number of carbonyl (C=O) groups is 2. The van der Waals surface area contributed by atoms with Crippen molar-refractivity contribution in [3.63, 3.8) is 0 Å². The summed E-state index contributed by atoms with van der Waals surface area (Å²) in [5.74, 6) is -0.0584. The second-order valence-electron chi connectivity index (χ2n) is 6.04. The minimum Gasteiger partial charge on any atom is -0.398 e. The van der Waals surface area contributed by atoms with Crippen molar-refractivity contribution in [1.29, 1.82) is 0 Å². The second-order valence-corrected chi connectivity index (χ2v) is 7.33. The molecule has 134 valence electrons. The normalized spacial score (nSPS) is 14.7. The van der Waals surface area contributed by atoms with Crippen molar-refractivity contribution in [2.45, 2.75) is 25.8 Å². The number of aryl methyl sites for hydroxylation is 1. The Hall–Kier alpha value is -2.05. The lowest BCUT2D eigenvalue weighted by molar-refractivity contribution is 0.0699. The number of rotatable bonds is 3. The van der Waals surface area contributed by atoms with Crippen LogP contribution in [0.4, 0.5) is 5.69 Å². The highest BCUT2D eigenvalue weighted by Gasteiger charge is 2.25. The fourth-order valence-corrected chi connectivity index (χ4v) is 3.67. The van der Waals surface area contributed by atoms with Crippen LogP contribution in [0.3, 0.4) is 0 Å². The molecule has 1 aromatic heterocycles. The van der Waals surface area contributed by atoms with Crippen molar-refractivity contribution in [2.75, 3.05) is 18.8 Å². The third-order valence-corrected chi connectivity index (χ3v) is 5.27. The lowest BCUT2D eigenvalue weighted by Gasteiger charge is -2.32. The molecular formula is C18H22ClN3O2S. The van der Waals surface area contributed by atoms with Crippen LogP contribution in [0.1, 0.15) is 37.7 Å². The van der Waals surface area contributed by atoms with Gasteiger partial charge in [0.15, 0.2) is 0 Å². The van der Waals surface area contributed by atoms with E-state index in [1.54, 1.807) is 12.1 Å². The van der Waals surface area contributed by atoms with Crippen LogP contribution in [0.25, 0.3) is 0 Å². The van der Waals surface area contributed by atoms with Crippen molar-refractivity contribution < 1.29 is 9.59 Å². The Morgan fingerprint density at radius 3 is 2.44 bits per heavy atom. The maximum absolute atomic E-state index is 12.5. The molecule has 2 heterocycles. The number of nitrogen functional groups attached to an aromatic ring is 1. The highest BCUT2D eigenvalue weighted by molar-refractivity contribution is 7.13. The number of carbonyl (C=O) groups excluding carboxylic acids is 2. The van der Waals surface area contributed by atoms with Gasteiger partial charge in [0.1, 0.15) is 0 Å². The number of piperidine rings is 1. The number of nitrogens with zero attached hydrogens (tertiary/aromatic N) is 1. The lowest BCUT2D eigenvalue weighted by Crippen LogP contribution is -2.46. The Morgan fingerprint density at radius 2 is 1.84 bits per heavy atom. The van der Waals surface area contributed by atoms with Crippen LogP contribution in [0, 0.1) is 6.92 Å². The molecule has 3 rings (SSSR count). The number of hydrogen-bond donors (Lipinski definition) is 2. The number of nitrogens with one attached hydrogen (secondary N) is 1. The topological polar surface area (TPSA) is 75.4 Å². The molecule has 0 atom stereocenters. The summed E-state index contributed by atoms with van der Waals surface area (Å²) in [5, 5.41) is 3.07. The van der Waals surface area contributed by atoms with Crippen LogP contribution >= 0.6 is 23.7 Å². The highest BCUT2D eigenvalue weighted by atomic mass is 35.5. The molecule has 7 heteroatoms. The van der Waals surface area contributed by atoms with E-state index in [1.807, 2.05) is 36.1 Å². The summed E-state index contributed by atoms with van der Waals surface area (Å²) in [7, 11) is 0. The number of halogens is 1. The van der Waals surface area contributed by atoms with Gasteiger partial charge in [-0.3, -0.25) is 9.59 Å². The summed E-state index contributed by atoms with van der Waals surface area (Å²) in [4.78, 5) is 28.4. The van der Waals surface area contributed by atoms with Crippen molar-refractivity contribution in [3.8, 4) is 0 Å². The fourth-order valence-electron chi connectivity index (χ4n) is 2.90. The summed E-state index contributed by atoms with van der Waals surface area (Å²) in [6.45, 7) is 3.24. The van der Waals surface area contributed by atoms with Crippen molar-refractivity contribution in [1.82, 2.24) is 10.2 Å². The van der Waals surface area contributed by atoms with E-state index >= 15 is 0 Å². The Labute approximate surface area is 157 Å². The van der Waals surface area contributed by atoms with Crippen molar-refractivity contribution in [3.05, 3.63) is 51.7 Å². The summed E-state index contributed by atoms with van der Waals surface area (Å²) in [6, 6.07) is 11.0. The number of amides is 2. The third kappa shape index (κ3) is 4.52.